The molecule has 6 heteroatoms. The van der Waals surface area contributed by atoms with Crippen molar-refractivity contribution < 1.29 is 4.42 Å². The van der Waals surface area contributed by atoms with Crippen molar-refractivity contribution in [3.8, 4) is 6.07 Å². The molecule has 0 saturated heterocycles. The van der Waals surface area contributed by atoms with Gasteiger partial charge in [0.05, 0.1) is 6.21 Å². The van der Waals surface area contributed by atoms with Gasteiger partial charge in [-0.15, -0.1) is 11.3 Å². The van der Waals surface area contributed by atoms with E-state index >= 15 is 0 Å². The zero-order valence-electron chi connectivity index (χ0n) is 11.5. The number of hydrogen-bond acceptors (Lipinski definition) is 6. The molecule has 0 saturated carbocycles. The number of nitrogens with one attached hydrogen (secondary N) is 1. The first kappa shape index (κ1) is 14.3. The van der Waals surface area contributed by atoms with Crippen molar-refractivity contribution in [3.63, 3.8) is 0 Å². The van der Waals surface area contributed by atoms with Crippen molar-refractivity contribution in [1.29, 1.82) is 5.26 Å². The van der Waals surface area contributed by atoms with E-state index in [1.807, 2.05) is 23.6 Å². The average molecular weight is 288 g/mol. The summed E-state index contributed by atoms with van der Waals surface area (Å²) in [7, 11) is 0. The maximum Gasteiger partial charge on any atom is 0.252 e. The van der Waals surface area contributed by atoms with Crippen LogP contribution in [0.1, 0.15) is 49.1 Å². The SMILES string of the molecule is CCC(CC)c1nc(C#N)c(NN=Cc2cccs2)o1. The van der Waals surface area contributed by atoms with Crippen LogP contribution in [0.2, 0.25) is 0 Å². The van der Waals surface area contributed by atoms with Crippen LogP contribution >= 0.6 is 11.3 Å². The summed E-state index contributed by atoms with van der Waals surface area (Å²) < 4.78 is 5.61. The lowest BCUT2D eigenvalue weighted by Gasteiger charge is -2.05. The van der Waals surface area contributed by atoms with E-state index in [2.05, 4.69) is 29.4 Å². The maximum absolute atomic E-state index is 9.08. The summed E-state index contributed by atoms with van der Waals surface area (Å²) in [6, 6.07) is 5.93. The van der Waals surface area contributed by atoms with E-state index in [1.165, 1.54) is 0 Å². The topological polar surface area (TPSA) is 74.2 Å². The lowest BCUT2D eigenvalue weighted by molar-refractivity contribution is 0.439. The standard InChI is InChI=1S/C14H16N4OS/c1-3-10(4-2)13-17-12(8-15)14(19-13)18-16-9-11-6-5-7-20-11/h5-7,9-10,18H,3-4H2,1-2H3. The molecule has 1 N–H and O–H groups in total. The van der Waals surface area contributed by atoms with Crippen molar-refractivity contribution in [3.05, 3.63) is 34.0 Å². The molecule has 104 valence electrons. The number of nitrogens with zero attached hydrogens (tertiary/aromatic N) is 3. The van der Waals surface area contributed by atoms with Gasteiger partial charge in [-0.2, -0.15) is 10.4 Å². The average Bonchev–Trinajstić information content (AvgIpc) is 3.10. The highest BCUT2D eigenvalue weighted by Crippen LogP contribution is 2.27. The Morgan fingerprint density at radius 2 is 2.35 bits per heavy atom. The van der Waals surface area contributed by atoms with Crippen molar-refractivity contribution in [2.75, 3.05) is 5.43 Å². The van der Waals surface area contributed by atoms with Gasteiger partial charge in [-0.25, -0.2) is 10.4 Å². The van der Waals surface area contributed by atoms with E-state index in [-0.39, 0.29) is 11.6 Å². The van der Waals surface area contributed by atoms with Crippen LogP contribution in [0.3, 0.4) is 0 Å². The normalized spacial score (nSPS) is 11.1. The van der Waals surface area contributed by atoms with Crippen molar-refractivity contribution in [2.45, 2.75) is 32.6 Å². The largest absolute Gasteiger partial charge is 0.422 e. The van der Waals surface area contributed by atoms with Gasteiger partial charge in [-0.05, 0) is 24.3 Å². The number of rotatable bonds is 6. The third-order valence-electron chi connectivity index (χ3n) is 2.99. The van der Waals surface area contributed by atoms with Crippen molar-refractivity contribution in [1.82, 2.24) is 4.98 Å². The molecule has 2 aromatic rings. The highest BCUT2D eigenvalue weighted by molar-refractivity contribution is 7.11. The summed E-state index contributed by atoms with van der Waals surface area (Å²) in [6.45, 7) is 4.15. The summed E-state index contributed by atoms with van der Waals surface area (Å²) in [5, 5.41) is 15.1. The molecule has 0 aliphatic rings. The monoisotopic (exact) mass is 288 g/mol. The number of thiophene rings is 1. The second-order valence-corrected chi connectivity index (χ2v) is 5.22. The molecule has 0 aromatic carbocycles. The molecule has 2 rings (SSSR count). The third-order valence-corrected chi connectivity index (χ3v) is 3.79. The van der Waals surface area contributed by atoms with E-state index in [0.717, 1.165) is 17.7 Å². The van der Waals surface area contributed by atoms with Crippen LogP contribution in [0.15, 0.2) is 27.0 Å². The summed E-state index contributed by atoms with van der Waals surface area (Å²) >= 11 is 1.58. The van der Waals surface area contributed by atoms with Crippen molar-refractivity contribution >= 4 is 23.4 Å². The summed E-state index contributed by atoms with van der Waals surface area (Å²) in [4.78, 5) is 5.25. The van der Waals surface area contributed by atoms with Gasteiger partial charge in [0.2, 0.25) is 11.6 Å². The molecule has 0 spiro atoms. The second-order valence-electron chi connectivity index (χ2n) is 4.24. The van der Waals surface area contributed by atoms with E-state index < -0.39 is 0 Å². The fraction of sp³-hybridized carbons (Fsp3) is 0.357. The smallest absolute Gasteiger partial charge is 0.252 e. The Hall–Kier alpha value is -2.13. The second kappa shape index (κ2) is 6.87. The van der Waals surface area contributed by atoms with E-state index in [4.69, 9.17) is 9.68 Å². The molecule has 0 atom stereocenters. The quantitative estimate of drug-likeness (QED) is 0.645. The minimum absolute atomic E-state index is 0.235. The number of nitriles is 1. The molecule has 0 radical (unpaired) electrons. The first-order valence-electron chi connectivity index (χ1n) is 6.51. The first-order chi connectivity index (χ1) is 9.78. The zero-order chi connectivity index (χ0) is 14.4. The zero-order valence-corrected chi connectivity index (χ0v) is 12.3. The highest BCUT2D eigenvalue weighted by atomic mass is 32.1. The fourth-order valence-corrected chi connectivity index (χ4v) is 2.40. The van der Waals surface area contributed by atoms with E-state index in [9.17, 15) is 0 Å². The number of anilines is 1. The van der Waals surface area contributed by atoms with Crippen LogP contribution in [-0.2, 0) is 0 Å². The highest BCUT2D eigenvalue weighted by Gasteiger charge is 2.18. The summed E-state index contributed by atoms with van der Waals surface area (Å²) in [5.74, 6) is 1.14. The van der Waals surface area contributed by atoms with Crippen LogP contribution < -0.4 is 5.43 Å². The molecule has 0 aliphatic heterocycles. The third kappa shape index (κ3) is 3.25. The van der Waals surface area contributed by atoms with Gasteiger partial charge in [0.15, 0.2) is 0 Å². The molecule has 2 aromatic heterocycles. The van der Waals surface area contributed by atoms with Crippen LogP contribution in [0.4, 0.5) is 5.88 Å². The number of hydrazone groups is 1. The predicted octanol–water partition coefficient (Wildman–Crippen LogP) is 3.96. The van der Waals surface area contributed by atoms with Gasteiger partial charge in [0, 0.05) is 10.8 Å². The summed E-state index contributed by atoms with van der Waals surface area (Å²) in [6.07, 6.45) is 3.55. The maximum atomic E-state index is 9.08. The van der Waals surface area contributed by atoms with Crippen LogP contribution in [-0.4, -0.2) is 11.2 Å². The number of aromatic nitrogens is 1. The van der Waals surface area contributed by atoms with Gasteiger partial charge in [-0.3, -0.25) is 0 Å². The molecule has 0 aliphatic carbocycles. The minimum Gasteiger partial charge on any atom is -0.422 e. The molecular formula is C14H16N4OS. The van der Waals surface area contributed by atoms with Gasteiger partial charge in [0.25, 0.3) is 5.88 Å². The van der Waals surface area contributed by atoms with Gasteiger partial charge in [-0.1, -0.05) is 19.9 Å². The molecule has 0 amide bonds. The number of hydrogen-bond donors (Lipinski definition) is 1. The Bertz CT molecular complexity index is 606. The summed E-state index contributed by atoms with van der Waals surface area (Å²) in [5.41, 5.74) is 3.00. The molecular weight excluding hydrogens is 272 g/mol. The Kier molecular flexibility index (Phi) is 4.91. The van der Waals surface area contributed by atoms with Crippen LogP contribution in [0.5, 0.6) is 0 Å². The molecule has 20 heavy (non-hydrogen) atoms. The van der Waals surface area contributed by atoms with E-state index in [1.54, 1.807) is 17.6 Å². The molecule has 0 unspecified atom stereocenters. The van der Waals surface area contributed by atoms with Crippen molar-refractivity contribution in [2.24, 2.45) is 5.10 Å². The van der Waals surface area contributed by atoms with Crippen LogP contribution in [0.25, 0.3) is 0 Å². The van der Waals surface area contributed by atoms with E-state index in [0.29, 0.717) is 11.8 Å². The Labute approximate surface area is 122 Å². The predicted molar refractivity (Wildman–Crippen MR) is 80.1 cm³/mol. The first-order valence-corrected chi connectivity index (χ1v) is 7.39. The molecule has 5 nitrogen and oxygen atoms in total. The van der Waals surface area contributed by atoms with Gasteiger partial charge in [0.1, 0.15) is 6.07 Å². The molecule has 0 bridgehead atoms. The lowest BCUT2D eigenvalue weighted by atomic mass is 10.0. The Balaban J connectivity index is 2.13. The number of oxazole rings is 1. The fourth-order valence-electron chi connectivity index (χ4n) is 1.82. The van der Waals surface area contributed by atoms with Crippen LogP contribution in [0, 0.1) is 11.3 Å². The lowest BCUT2D eigenvalue weighted by Crippen LogP contribution is -1.95. The van der Waals surface area contributed by atoms with Gasteiger partial charge < -0.3 is 4.42 Å². The Morgan fingerprint density at radius 3 is 2.95 bits per heavy atom. The van der Waals surface area contributed by atoms with Gasteiger partial charge >= 0.3 is 0 Å². The molecule has 2 heterocycles. The molecule has 0 fully saturated rings. The Morgan fingerprint density at radius 1 is 1.55 bits per heavy atom. The minimum atomic E-state index is 0.235.